The lowest BCUT2D eigenvalue weighted by Crippen LogP contribution is -2.49. The van der Waals surface area contributed by atoms with Crippen LogP contribution in [0.5, 0.6) is 0 Å². The van der Waals surface area contributed by atoms with E-state index in [1.54, 1.807) is 0 Å². The molecule has 0 unspecified atom stereocenters. The van der Waals surface area contributed by atoms with Gasteiger partial charge in [-0.1, -0.05) is 13.8 Å². The van der Waals surface area contributed by atoms with Crippen LogP contribution in [0.25, 0.3) is 0 Å². The predicted octanol–water partition coefficient (Wildman–Crippen LogP) is 0.506. The third kappa shape index (κ3) is 4.82. The average molecular weight is 278 g/mol. The Morgan fingerprint density at radius 3 is 2.17 bits per heavy atom. The lowest BCUT2D eigenvalue weighted by Gasteiger charge is -2.33. The minimum atomic E-state index is -0.414. The third-order valence-electron chi connectivity index (χ3n) is 3.42. The fourth-order valence-electron chi connectivity index (χ4n) is 2.14. The Morgan fingerprint density at radius 1 is 1.28 bits per heavy atom. The molecule has 4 N–H and O–H groups in total. The molecule has 106 valence electrons. The number of nitrogens with two attached hydrogens (primary N) is 2. The first-order valence-electron chi connectivity index (χ1n) is 6.24. The van der Waals surface area contributed by atoms with Crippen LogP contribution in [0.3, 0.4) is 0 Å². The Balaban J connectivity index is 0.00000289. The Hall–Kier alpha value is -0.810. The van der Waals surface area contributed by atoms with Gasteiger partial charge in [-0.15, -0.1) is 12.4 Å². The Kier molecular flexibility index (Phi) is 7.25. The largest absolute Gasteiger partial charge is 0.370 e. The molecular formula is C12H24ClN3O2. The van der Waals surface area contributed by atoms with Crippen LogP contribution in [0.15, 0.2) is 0 Å². The summed E-state index contributed by atoms with van der Waals surface area (Å²) < 4.78 is 0. The van der Waals surface area contributed by atoms with Crippen LogP contribution in [0, 0.1) is 11.8 Å². The Labute approximate surface area is 115 Å². The molecule has 0 aromatic rings. The average Bonchev–Trinajstić information content (AvgIpc) is 2.27. The molecular weight excluding hydrogens is 254 g/mol. The van der Waals surface area contributed by atoms with Crippen LogP contribution >= 0.6 is 12.4 Å². The number of amides is 2. The van der Waals surface area contributed by atoms with Crippen LogP contribution in [0.4, 0.5) is 0 Å². The summed E-state index contributed by atoms with van der Waals surface area (Å²) in [5.74, 6) is 0.254. The van der Waals surface area contributed by atoms with Gasteiger partial charge in [0.1, 0.15) is 0 Å². The number of carbonyl (C=O) groups is 2. The number of hydrogen-bond donors (Lipinski definition) is 2. The first-order chi connectivity index (χ1) is 7.91. The van der Waals surface area contributed by atoms with E-state index in [2.05, 4.69) is 0 Å². The van der Waals surface area contributed by atoms with Crippen molar-refractivity contribution in [2.45, 2.75) is 39.2 Å². The number of piperidine rings is 1. The molecule has 18 heavy (non-hydrogen) atoms. The highest BCUT2D eigenvalue weighted by Crippen LogP contribution is 2.21. The number of primary amides is 1. The summed E-state index contributed by atoms with van der Waals surface area (Å²) in [7, 11) is 0. The molecule has 1 rings (SSSR count). The van der Waals surface area contributed by atoms with Crippen molar-refractivity contribution in [1.29, 1.82) is 0 Å². The normalized spacial score (nSPS) is 18.3. The van der Waals surface area contributed by atoms with Gasteiger partial charge in [0.15, 0.2) is 0 Å². The minimum Gasteiger partial charge on any atom is -0.370 e. The number of rotatable bonds is 4. The highest BCUT2D eigenvalue weighted by Gasteiger charge is 2.28. The molecule has 1 atom stereocenters. The second-order valence-electron chi connectivity index (χ2n) is 5.21. The molecule has 1 saturated heterocycles. The van der Waals surface area contributed by atoms with Gasteiger partial charge in [0, 0.05) is 19.5 Å². The topological polar surface area (TPSA) is 89.4 Å². The van der Waals surface area contributed by atoms with E-state index >= 15 is 0 Å². The van der Waals surface area contributed by atoms with Crippen molar-refractivity contribution in [2.24, 2.45) is 23.3 Å². The summed E-state index contributed by atoms with van der Waals surface area (Å²) in [5, 5.41) is 0. The fourth-order valence-corrected chi connectivity index (χ4v) is 2.14. The molecule has 1 aliphatic rings. The Bertz CT molecular complexity index is 289. The molecule has 0 aromatic carbocycles. The highest BCUT2D eigenvalue weighted by molar-refractivity contribution is 5.85. The van der Waals surface area contributed by atoms with Gasteiger partial charge in [0.2, 0.25) is 11.8 Å². The maximum absolute atomic E-state index is 12.0. The van der Waals surface area contributed by atoms with Crippen LogP contribution < -0.4 is 11.5 Å². The van der Waals surface area contributed by atoms with Gasteiger partial charge in [-0.05, 0) is 24.7 Å². The molecule has 6 heteroatoms. The smallest absolute Gasteiger partial charge is 0.239 e. The molecule has 0 spiro atoms. The van der Waals surface area contributed by atoms with Crippen LogP contribution in [-0.2, 0) is 9.59 Å². The standard InChI is InChI=1S/C12H23N3O2.ClH/c1-8(2)11(14)12(17)15-5-3-9(4-6-15)7-10(13)16;/h8-9,11H,3-7,14H2,1-2H3,(H2,13,16);1H/t11-;/m1./s1. The van der Waals surface area contributed by atoms with E-state index in [0.717, 1.165) is 12.8 Å². The molecule has 2 amide bonds. The van der Waals surface area contributed by atoms with E-state index in [-0.39, 0.29) is 30.1 Å². The van der Waals surface area contributed by atoms with E-state index in [0.29, 0.717) is 25.4 Å². The summed E-state index contributed by atoms with van der Waals surface area (Å²) in [6.07, 6.45) is 2.12. The lowest BCUT2D eigenvalue weighted by atomic mass is 9.92. The zero-order chi connectivity index (χ0) is 13.0. The van der Waals surface area contributed by atoms with Crippen molar-refractivity contribution in [1.82, 2.24) is 4.90 Å². The molecule has 1 aliphatic heterocycles. The van der Waals surface area contributed by atoms with Gasteiger partial charge in [-0.25, -0.2) is 0 Å². The SMILES string of the molecule is CC(C)[C@@H](N)C(=O)N1CCC(CC(N)=O)CC1.Cl. The maximum atomic E-state index is 12.0. The van der Waals surface area contributed by atoms with Crippen molar-refractivity contribution < 1.29 is 9.59 Å². The molecule has 0 bridgehead atoms. The first kappa shape index (κ1) is 17.2. The van der Waals surface area contributed by atoms with Crippen molar-refractivity contribution in [3.05, 3.63) is 0 Å². The van der Waals surface area contributed by atoms with Gasteiger partial charge >= 0.3 is 0 Å². The van der Waals surface area contributed by atoms with Crippen molar-refractivity contribution in [3.63, 3.8) is 0 Å². The number of carbonyl (C=O) groups excluding carboxylic acids is 2. The van der Waals surface area contributed by atoms with E-state index in [9.17, 15) is 9.59 Å². The molecule has 0 saturated carbocycles. The summed E-state index contributed by atoms with van der Waals surface area (Å²) >= 11 is 0. The second-order valence-corrected chi connectivity index (χ2v) is 5.21. The van der Waals surface area contributed by atoms with Gasteiger partial charge < -0.3 is 16.4 Å². The van der Waals surface area contributed by atoms with Crippen molar-refractivity contribution in [3.8, 4) is 0 Å². The van der Waals surface area contributed by atoms with E-state index < -0.39 is 6.04 Å². The molecule has 0 aromatic heterocycles. The number of hydrogen-bond acceptors (Lipinski definition) is 3. The van der Waals surface area contributed by atoms with Crippen LogP contribution in [-0.4, -0.2) is 35.8 Å². The molecule has 0 radical (unpaired) electrons. The number of nitrogens with zero attached hydrogens (tertiary/aromatic N) is 1. The summed E-state index contributed by atoms with van der Waals surface area (Å²) in [5.41, 5.74) is 11.0. The second kappa shape index (κ2) is 7.59. The van der Waals surface area contributed by atoms with Gasteiger partial charge in [-0.3, -0.25) is 9.59 Å². The first-order valence-corrected chi connectivity index (χ1v) is 6.24. The molecule has 0 aliphatic carbocycles. The third-order valence-corrected chi connectivity index (χ3v) is 3.42. The number of halogens is 1. The predicted molar refractivity (Wildman–Crippen MR) is 73.2 cm³/mol. The van der Waals surface area contributed by atoms with E-state index in [1.165, 1.54) is 0 Å². The summed E-state index contributed by atoms with van der Waals surface area (Å²) in [6.45, 7) is 5.28. The molecule has 5 nitrogen and oxygen atoms in total. The van der Waals surface area contributed by atoms with Gasteiger partial charge in [0.25, 0.3) is 0 Å². The van der Waals surface area contributed by atoms with Gasteiger partial charge in [-0.2, -0.15) is 0 Å². The van der Waals surface area contributed by atoms with Gasteiger partial charge in [0.05, 0.1) is 6.04 Å². The van der Waals surface area contributed by atoms with Crippen LogP contribution in [0.2, 0.25) is 0 Å². The van der Waals surface area contributed by atoms with E-state index in [4.69, 9.17) is 11.5 Å². The zero-order valence-electron chi connectivity index (χ0n) is 11.1. The van der Waals surface area contributed by atoms with Crippen molar-refractivity contribution in [2.75, 3.05) is 13.1 Å². The quantitative estimate of drug-likeness (QED) is 0.784. The summed E-state index contributed by atoms with van der Waals surface area (Å²) in [6, 6.07) is -0.414. The molecule has 1 fully saturated rings. The minimum absolute atomic E-state index is 0. The van der Waals surface area contributed by atoms with Crippen molar-refractivity contribution >= 4 is 24.2 Å². The summed E-state index contributed by atoms with van der Waals surface area (Å²) in [4.78, 5) is 24.6. The zero-order valence-corrected chi connectivity index (χ0v) is 11.9. The monoisotopic (exact) mass is 277 g/mol. The molecule has 1 heterocycles. The fraction of sp³-hybridized carbons (Fsp3) is 0.833. The maximum Gasteiger partial charge on any atom is 0.239 e. The number of likely N-dealkylation sites (tertiary alicyclic amines) is 1. The Morgan fingerprint density at radius 2 is 1.78 bits per heavy atom. The van der Waals surface area contributed by atoms with E-state index in [1.807, 2.05) is 18.7 Å². The lowest BCUT2D eigenvalue weighted by molar-refractivity contribution is -0.135. The van der Waals surface area contributed by atoms with Crippen LogP contribution in [0.1, 0.15) is 33.1 Å². The highest BCUT2D eigenvalue weighted by atomic mass is 35.5.